The number of hydrogen-bond donors (Lipinski definition) is 1. The van der Waals surface area contributed by atoms with Crippen LogP contribution in [0, 0.1) is 0 Å². The maximum atomic E-state index is 12.4. The van der Waals surface area contributed by atoms with Crippen LogP contribution in [0.4, 0.5) is 11.5 Å². The molecule has 0 atom stereocenters. The molecule has 0 radical (unpaired) electrons. The van der Waals surface area contributed by atoms with Gasteiger partial charge in [0.05, 0.1) is 23.4 Å². The van der Waals surface area contributed by atoms with E-state index in [0.717, 1.165) is 18.8 Å². The number of aromatic nitrogens is 1. The van der Waals surface area contributed by atoms with Crippen LogP contribution in [0.25, 0.3) is 0 Å². The number of sulfonamides is 1. The zero-order valence-corrected chi connectivity index (χ0v) is 14.4. The van der Waals surface area contributed by atoms with Gasteiger partial charge in [0, 0.05) is 13.1 Å². The number of rotatable bonds is 6. The summed E-state index contributed by atoms with van der Waals surface area (Å²) in [5, 5.41) is 0. The quantitative estimate of drug-likeness (QED) is 0.870. The Hall–Kier alpha value is -2.28. The predicted octanol–water partition coefficient (Wildman–Crippen LogP) is 2.88. The van der Waals surface area contributed by atoms with Gasteiger partial charge in [-0.15, -0.1) is 0 Å². The van der Waals surface area contributed by atoms with Crippen molar-refractivity contribution in [2.45, 2.75) is 24.7 Å². The van der Waals surface area contributed by atoms with E-state index in [1.165, 1.54) is 25.0 Å². The van der Waals surface area contributed by atoms with Crippen molar-refractivity contribution in [3.8, 4) is 5.75 Å². The largest absolute Gasteiger partial charge is 0.494 e. The fourth-order valence-electron chi connectivity index (χ4n) is 2.69. The average molecular weight is 347 g/mol. The molecule has 0 bridgehead atoms. The van der Waals surface area contributed by atoms with E-state index in [2.05, 4.69) is 14.6 Å². The van der Waals surface area contributed by atoms with Crippen molar-refractivity contribution in [2.75, 3.05) is 29.3 Å². The van der Waals surface area contributed by atoms with Gasteiger partial charge in [0.15, 0.2) is 0 Å². The highest BCUT2D eigenvalue weighted by atomic mass is 32.2. The number of ether oxygens (including phenoxy) is 1. The highest BCUT2D eigenvalue weighted by Gasteiger charge is 2.16. The van der Waals surface area contributed by atoms with E-state index in [-0.39, 0.29) is 4.90 Å². The number of anilines is 2. The van der Waals surface area contributed by atoms with Crippen LogP contribution in [0.2, 0.25) is 0 Å². The molecular weight excluding hydrogens is 326 g/mol. The fraction of sp³-hybridized carbons (Fsp3) is 0.353. The lowest BCUT2D eigenvalue weighted by Gasteiger charge is -2.17. The molecule has 1 aromatic carbocycles. The first-order valence-corrected chi connectivity index (χ1v) is 9.53. The lowest BCUT2D eigenvalue weighted by Crippen LogP contribution is -2.18. The Morgan fingerprint density at radius 1 is 1.12 bits per heavy atom. The summed E-state index contributed by atoms with van der Waals surface area (Å²) in [4.78, 5) is 6.65. The van der Waals surface area contributed by atoms with E-state index >= 15 is 0 Å². The van der Waals surface area contributed by atoms with Crippen molar-refractivity contribution in [1.29, 1.82) is 0 Å². The van der Waals surface area contributed by atoms with Crippen LogP contribution in [-0.4, -0.2) is 33.1 Å². The Balaban J connectivity index is 1.71. The zero-order chi connectivity index (χ0) is 17.0. The molecule has 0 amide bonds. The first-order chi connectivity index (χ1) is 11.6. The Morgan fingerprint density at radius 2 is 1.83 bits per heavy atom. The molecule has 3 rings (SSSR count). The molecule has 128 valence electrons. The second kappa shape index (κ2) is 7.09. The lowest BCUT2D eigenvalue weighted by molar-refractivity contribution is 0.340. The van der Waals surface area contributed by atoms with E-state index in [4.69, 9.17) is 4.74 Å². The number of nitrogens with zero attached hydrogens (tertiary/aromatic N) is 2. The summed E-state index contributed by atoms with van der Waals surface area (Å²) >= 11 is 0. The van der Waals surface area contributed by atoms with E-state index in [0.29, 0.717) is 18.2 Å². The third-order valence-electron chi connectivity index (χ3n) is 3.90. The molecule has 0 unspecified atom stereocenters. The molecule has 2 heterocycles. The second-order valence-electron chi connectivity index (χ2n) is 5.61. The number of hydrogen-bond acceptors (Lipinski definition) is 5. The summed E-state index contributed by atoms with van der Waals surface area (Å²) in [7, 11) is -3.66. The van der Waals surface area contributed by atoms with Crippen LogP contribution in [0.3, 0.4) is 0 Å². The Bertz CT molecular complexity index is 768. The smallest absolute Gasteiger partial charge is 0.263 e. The van der Waals surface area contributed by atoms with Crippen LogP contribution < -0.4 is 14.4 Å². The molecule has 7 heteroatoms. The molecule has 0 aliphatic carbocycles. The van der Waals surface area contributed by atoms with Gasteiger partial charge in [-0.2, -0.15) is 0 Å². The number of nitrogens with one attached hydrogen (secondary N) is 1. The van der Waals surface area contributed by atoms with Crippen LogP contribution in [0.1, 0.15) is 19.8 Å². The number of benzene rings is 1. The lowest BCUT2D eigenvalue weighted by atomic mass is 10.3. The maximum absolute atomic E-state index is 12.4. The van der Waals surface area contributed by atoms with E-state index in [9.17, 15) is 8.42 Å². The third-order valence-corrected chi connectivity index (χ3v) is 5.27. The molecule has 1 saturated heterocycles. The third kappa shape index (κ3) is 3.79. The summed E-state index contributed by atoms with van der Waals surface area (Å²) in [6, 6.07) is 9.91. The topological polar surface area (TPSA) is 71.5 Å². The van der Waals surface area contributed by atoms with E-state index < -0.39 is 10.0 Å². The summed E-state index contributed by atoms with van der Waals surface area (Å²) in [6.45, 7) is 4.47. The summed E-state index contributed by atoms with van der Waals surface area (Å²) in [6.07, 6.45) is 4.08. The second-order valence-corrected chi connectivity index (χ2v) is 7.29. The minimum atomic E-state index is -3.66. The van der Waals surface area contributed by atoms with Crippen molar-refractivity contribution < 1.29 is 13.2 Å². The minimum Gasteiger partial charge on any atom is -0.494 e. The predicted molar refractivity (Wildman–Crippen MR) is 94.1 cm³/mol. The van der Waals surface area contributed by atoms with E-state index in [1.54, 1.807) is 24.4 Å². The minimum absolute atomic E-state index is 0.177. The van der Waals surface area contributed by atoms with Gasteiger partial charge in [0.25, 0.3) is 10.0 Å². The molecule has 0 spiro atoms. The van der Waals surface area contributed by atoms with Crippen molar-refractivity contribution in [2.24, 2.45) is 0 Å². The molecule has 1 aromatic heterocycles. The number of pyridine rings is 1. The van der Waals surface area contributed by atoms with Crippen LogP contribution >= 0.6 is 0 Å². The van der Waals surface area contributed by atoms with Gasteiger partial charge < -0.3 is 9.64 Å². The Labute approximate surface area is 142 Å². The maximum Gasteiger partial charge on any atom is 0.263 e. The van der Waals surface area contributed by atoms with Gasteiger partial charge in [-0.3, -0.25) is 4.72 Å². The standard InChI is InChI=1S/C17H21N3O3S/c1-2-23-15-6-8-16(9-7-15)24(21,22)19-17-10-5-14(13-18-17)20-11-3-4-12-20/h5-10,13H,2-4,11-12H2,1H3,(H,18,19). The van der Waals surface area contributed by atoms with Gasteiger partial charge in [-0.05, 0) is 56.2 Å². The molecule has 1 N–H and O–H groups in total. The molecular formula is C17H21N3O3S. The summed E-state index contributed by atoms with van der Waals surface area (Å²) in [5.41, 5.74) is 1.02. The monoisotopic (exact) mass is 347 g/mol. The van der Waals surface area contributed by atoms with Crippen molar-refractivity contribution in [1.82, 2.24) is 4.98 Å². The molecule has 1 aliphatic heterocycles. The Kier molecular flexibility index (Phi) is 4.89. The highest BCUT2D eigenvalue weighted by molar-refractivity contribution is 7.92. The normalized spacial score (nSPS) is 14.6. The average Bonchev–Trinajstić information content (AvgIpc) is 3.10. The molecule has 0 saturated carbocycles. The van der Waals surface area contributed by atoms with Gasteiger partial charge in [0.2, 0.25) is 0 Å². The SMILES string of the molecule is CCOc1ccc(S(=O)(=O)Nc2ccc(N3CCCC3)cn2)cc1. The van der Waals surface area contributed by atoms with Crippen LogP contribution in [-0.2, 0) is 10.0 Å². The van der Waals surface area contributed by atoms with Gasteiger partial charge in [-0.1, -0.05) is 0 Å². The van der Waals surface area contributed by atoms with Crippen molar-refractivity contribution in [3.05, 3.63) is 42.6 Å². The Morgan fingerprint density at radius 3 is 2.42 bits per heavy atom. The van der Waals surface area contributed by atoms with Gasteiger partial charge >= 0.3 is 0 Å². The summed E-state index contributed by atoms with van der Waals surface area (Å²) in [5.74, 6) is 0.955. The van der Waals surface area contributed by atoms with Crippen LogP contribution in [0.15, 0.2) is 47.5 Å². The molecule has 24 heavy (non-hydrogen) atoms. The summed E-state index contributed by atoms with van der Waals surface area (Å²) < 4.78 is 32.6. The highest BCUT2D eigenvalue weighted by Crippen LogP contribution is 2.22. The van der Waals surface area contributed by atoms with E-state index in [1.807, 2.05) is 13.0 Å². The molecule has 2 aromatic rings. The molecule has 1 fully saturated rings. The fourth-order valence-corrected chi connectivity index (χ4v) is 3.70. The first-order valence-electron chi connectivity index (χ1n) is 8.05. The first kappa shape index (κ1) is 16.6. The van der Waals surface area contributed by atoms with Crippen LogP contribution in [0.5, 0.6) is 5.75 Å². The zero-order valence-electron chi connectivity index (χ0n) is 13.6. The molecule has 1 aliphatic rings. The van der Waals surface area contributed by atoms with Gasteiger partial charge in [0.1, 0.15) is 11.6 Å². The van der Waals surface area contributed by atoms with Gasteiger partial charge in [-0.25, -0.2) is 13.4 Å². The molecule has 6 nitrogen and oxygen atoms in total. The van der Waals surface area contributed by atoms with Crippen molar-refractivity contribution >= 4 is 21.5 Å². The van der Waals surface area contributed by atoms with Crippen molar-refractivity contribution in [3.63, 3.8) is 0 Å².